The maximum Gasteiger partial charge on any atom is 0.189 e. The van der Waals surface area contributed by atoms with Gasteiger partial charge < -0.3 is 15.3 Å². The van der Waals surface area contributed by atoms with Crippen LogP contribution in [0.2, 0.25) is 0 Å². The summed E-state index contributed by atoms with van der Waals surface area (Å²) in [4.78, 5) is 16.6. The average molecular weight is 361 g/mol. The summed E-state index contributed by atoms with van der Waals surface area (Å²) >= 11 is 0. The fourth-order valence-corrected chi connectivity index (χ4v) is 6.97. The van der Waals surface area contributed by atoms with Gasteiger partial charge in [-0.05, 0) is 74.2 Å². The van der Waals surface area contributed by atoms with Crippen molar-refractivity contribution < 1.29 is 20.1 Å². The molecule has 0 bridgehead atoms. The summed E-state index contributed by atoms with van der Waals surface area (Å²) in [5.41, 5.74) is 1.12. The van der Waals surface area contributed by atoms with Crippen molar-refractivity contribution in [2.45, 2.75) is 63.6 Å². The molecular formula is C21H31NO4. The lowest BCUT2D eigenvalue weighted by molar-refractivity contribution is -0.156. The molecule has 4 rings (SSSR count). The van der Waals surface area contributed by atoms with E-state index in [1.165, 1.54) is 5.57 Å². The first-order chi connectivity index (χ1) is 12.3. The zero-order valence-corrected chi connectivity index (χ0v) is 15.8. The predicted molar refractivity (Wildman–Crippen MR) is 98.9 cm³/mol. The molecule has 0 aromatic heterocycles. The first-order valence-corrected chi connectivity index (χ1v) is 10.1. The van der Waals surface area contributed by atoms with Gasteiger partial charge in [-0.1, -0.05) is 12.5 Å². The summed E-state index contributed by atoms with van der Waals surface area (Å²) < 4.78 is 0. The minimum atomic E-state index is -1.45. The minimum absolute atomic E-state index is 0.0107. The van der Waals surface area contributed by atoms with Crippen molar-refractivity contribution in [3.05, 3.63) is 11.6 Å². The monoisotopic (exact) mass is 361 g/mol. The van der Waals surface area contributed by atoms with Crippen LogP contribution in [0, 0.1) is 29.1 Å². The van der Waals surface area contributed by atoms with E-state index in [-0.39, 0.29) is 23.2 Å². The van der Waals surface area contributed by atoms with Crippen LogP contribution in [0.5, 0.6) is 0 Å². The van der Waals surface area contributed by atoms with Gasteiger partial charge in [0.25, 0.3) is 0 Å². The molecule has 0 aliphatic heterocycles. The second kappa shape index (κ2) is 6.25. The summed E-state index contributed by atoms with van der Waals surface area (Å²) in [7, 11) is 1.85. The zero-order chi connectivity index (χ0) is 18.7. The van der Waals surface area contributed by atoms with Gasteiger partial charge in [0.15, 0.2) is 5.78 Å². The van der Waals surface area contributed by atoms with Crippen LogP contribution in [-0.4, -0.2) is 52.2 Å². The first kappa shape index (κ1) is 18.3. The number of hydrogen-bond acceptors (Lipinski definition) is 5. The topological polar surface area (TPSA) is 90.1 Å². The number of aliphatic hydroxyl groups is 3. The van der Waals surface area contributed by atoms with Crippen LogP contribution in [0.4, 0.5) is 0 Å². The van der Waals surface area contributed by atoms with Gasteiger partial charge in [0.05, 0.1) is 6.10 Å². The summed E-state index contributed by atoms with van der Waals surface area (Å²) in [6.07, 6.45) is 7.43. The van der Waals surface area contributed by atoms with Crippen molar-refractivity contribution in [3.63, 3.8) is 0 Å². The zero-order valence-electron chi connectivity index (χ0n) is 15.8. The van der Waals surface area contributed by atoms with Crippen molar-refractivity contribution in [1.29, 1.82) is 0 Å². The molecule has 26 heavy (non-hydrogen) atoms. The average Bonchev–Trinajstić information content (AvgIpc) is 2.98. The highest BCUT2D eigenvalue weighted by molar-refractivity contribution is 5.96. The SMILES string of the molecule is CN=C1C=C2CC[C@@H]3[C@H]([C@@H](O)CC4[C@H]3CC[C@]4(O)C(=O)CO)[C@@]2(C)CC1. The number of aliphatic imine (C=N–C) groups is 1. The molecule has 0 aromatic rings. The minimum Gasteiger partial charge on any atom is -0.393 e. The molecule has 0 saturated heterocycles. The second-order valence-electron chi connectivity index (χ2n) is 9.15. The number of fused-ring (bicyclic) bond motifs is 5. The highest BCUT2D eigenvalue weighted by atomic mass is 16.3. The van der Waals surface area contributed by atoms with Gasteiger partial charge in [-0.3, -0.25) is 9.79 Å². The fraction of sp³-hybridized carbons (Fsp3) is 0.810. The number of Topliss-reactive ketones (excluding diaryl/α,β-unsaturated/α-hetero) is 1. The number of aliphatic hydroxyl groups excluding tert-OH is 2. The van der Waals surface area contributed by atoms with Crippen LogP contribution in [0.25, 0.3) is 0 Å². The molecule has 144 valence electrons. The number of nitrogens with zero attached hydrogens (tertiary/aromatic N) is 1. The third-order valence-corrected chi connectivity index (χ3v) is 8.28. The Bertz CT molecular complexity index is 671. The van der Waals surface area contributed by atoms with E-state index in [4.69, 9.17) is 0 Å². The molecule has 5 heteroatoms. The Labute approximate surface area is 155 Å². The van der Waals surface area contributed by atoms with Gasteiger partial charge in [-0.25, -0.2) is 0 Å². The van der Waals surface area contributed by atoms with Gasteiger partial charge >= 0.3 is 0 Å². The predicted octanol–water partition coefficient (Wildman–Crippen LogP) is 1.89. The van der Waals surface area contributed by atoms with Gasteiger partial charge in [0.2, 0.25) is 0 Å². The molecule has 0 amide bonds. The van der Waals surface area contributed by atoms with Crippen molar-refractivity contribution in [2.24, 2.45) is 34.1 Å². The molecule has 0 heterocycles. The third-order valence-electron chi connectivity index (χ3n) is 8.28. The third kappa shape index (κ3) is 2.40. The maximum atomic E-state index is 12.2. The number of carbonyl (C=O) groups is 1. The quantitative estimate of drug-likeness (QED) is 0.701. The molecule has 3 N–H and O–H groups in total. The Morgan fingerprint density at radius 2 is 2.04 bits per heavy atom. The summed E-state index contributed by atoms with van der Waals surface area (Å²) in [5.74, 6) is 0.104. The molecule has 3 saturated carbocycles. The molecule has 0 radical (unpaired) electrons. The lowest BCUT2D eigenvalue weighted by atomic mass is 9.48. The molecule has 4 aliphatic carbocycles. The molecule has 7 atom stereocenters. The van der Waals surface area contributed by atoms with Crippen molar-refractivity contribution >= 4 is 11.5 Å². The maximum absolute atomic E-state index is 12.2. The molecule has 4 aliphatic rings. The van der Waals surface area contributed by atoms with E-state index < -0.39 is 24.1 Å². The van der Waals surface area contributed by atoms with Crippen LogP contribution in [0.3, 0.4) is 0 Å². The molecule has 1 unspecified atom stereocenters. The van der Waals surface area contributed by atoms with Crippen LogP contribution < -0.4 is 0 Å². The van der Waals surface area contributed by atoms with Gasteiger partial charge in [0, 0.05) is 18.7 Å². The molecule has 3 fully saturated rings. The number of carbonyl (C=O) groups excluding carboxylic acids is 1. The Kier molecular flexibility index (Phi) is 4.41. The lowest BCUT2D eigenvalue weighted by Crippen LogP contribution is -2.57. The number of allylic oxidation sites excluding steroid dienone is 2. The fourth-order valence-electron chi connectivity index (χ4n) is 6.97. The Balaban J connectivity index is 1.67. The van der Waals surface area contributed by atoms with Gasteiger partial charge in [-0.15, -0.1) is 0 Å². The first-order valence-electron chi connectivity index (χ1n) is 10.1. The normalized spacial score (nSPS) is 49.2. The van der Waals surface area contributed by atoms with E-state index in [9.17, 15) is 20.1 Å². The van der Waals surface area contributed by atoms with Crippen LogP contribution in [0.1, 0.15) is 51.9 Å². The van der Waals surface area contributed by atoms with Crippen molar-refractivity contribution in [1.82, 2.24) is 0 Å². The Morgan fingerprint density at radius 1 is 1.27 bits per heavy atom. The highest BCUT2D eigenvalue weighted by Crippen LogP contribution is 2.63. The molecule has 0 aromatic carbocycles. The number of rotatable bonds is 2. The summed E-state index contributed by atoms with van der Waals surface area (Å²) in [5, 5.41) is 31.4. The Hall–Kier alpha value is -1.04. The van der Waals surface area contributed by atoms with Crippen LogP contribution >= 0.6 is 0 Å². The standard InChI is InChI=1S/C21H31NO4/c1-20-7-5-13(22-2)9-12(20)3-4-15-14-6-8-21(26,18(25)11-23)16(14)10-17(24)19(15)20/h9,14-17,19,23-24,26H,3-8,10-11H2,1-2H3/t14-,15-,16?,17-,19+,20-,21+/m0/s1. The van der Waals surface area contributed by atoms with Gasteiger partial charge in [-0.2, -0.15) is 0 Å². The Morgan fingerprint density at radius 3 is 2.73 bits per heavy atom. The van der Waals surface area contributed by atoms with E-state index in [0.717, 1.165) is 37.8 Å². The van der Waals surface area contributed by atoms with E-state index in [1.54, 1.807) is 0 Å². The summed E-state index contributed by atoms with van der Waals surface area (Å²) in [6.45, 7) is 1.68. The highest BCUT2D eigenvalue weighted by Gasteiger charge is 2.62. The second-order valence-corrected chi connectivity index (χ2v) is 9.15. The van der Waals surface area contributed by atoms with E-state index in [1.807, 2.05) is 7.05 Å². The van der Waals surface area contributed by atoms with E-state index >= 15 is 0 Å². The van der Waals surface area contributed by atoms with E-state index in [2.05, 4.69) is 18.0 Å². The largest absolute Gasteiger partial charge is 0.393 e. The molecular weight excluding hydrogens is 330 g/mol. The van der Waals surface area contributed by atoms with E-state index in [0.29, 0.717) is 18.8 Å². The van der Waals surface area contributed by atoms with Crippen LogP contribution in [0.15, 0.2) is 16.6 Å². The summed E-state index contributed by atoms with van der Waals surface area (Å²) in [6, 6.07) is 0. The lowest BCUT2D eigenvalue weighted by Gasteiger charge is -2.57. The number of ketones is 1. The van der Waals surface area contributed by atoms with Crippen LogP contribution in [-0.2, 0) is 4.79 Å². The van der Waals surface area contributed by atoms with Gasteiger partial charge in [0.1, 0.15) is 12.2 Å². The smallest absolute Gasteiger partial charge is 0.189 e. The van der Waals surface area contributed by atoms with Crippen molar-refractivity contribution in [3.8, 4) is 0 Å². The molecule has 5 nitrogen and oxygen atoms in total. The van der Waals surface area contributed by atoms with Crippen molar-refractivity contribution in [2.75, 3.05) is 13.7 Å². The number of hydrogen-bond donors (Lipinski definition) is 3. The molecule has 0 spiro atoms.